The number of ether oxygens (including phenoxy) is 2. The lowest BCUT2D eigenvalue weighted by Gasteiger charge is -2.28. The highest BCUT2D eigenvalue weighted by atomic mass is 16.5. The van der Waals surface area contributed by atoms with E-state index in [0.29, 0.717) is 38.4 Å². The Morgan fingerprint density at radius 3 is 2.76 bits per heavy atom. The van der Waals surface area contributed by atoms with Gasteiger partial charge in [-0.25, -0.2) is 4.79 Å². The van der Waals surface area contributed by atoms with Crippen molar-refractivity contribution < 1.29 is 23.5 Å². The molecule has 0 bridgehead atoms. The van der Waals surface area contributed by atoms with Gasteiger partial charge in [0, 0.05) is 25.2 Å². The fourth-order valence-electron chi connectivity index (χ4n) is 2.22. The molecule has 0 N–H and O–H groups in total. The minimum Gasteiger partial charge on any atom is -0.463 e. The third-order valence-electron chi connectivity index (χ3n) is 3.33. The summed E-state index contributed by atoms with van der Waals surface area (Å²) < 4.78 is 15.0. The molecule has 0 aromatic carbocycles. The molecule has 1 saturated heterocycles. The molecule has 0 saturated carbocycles. The fraction of sp³-hybridized carbons (Fsp3) is 0.571. The summed E-state index contributed by atoms with van der Waals surface area (Å²) in [5.41, 5.74) is 0.708. The average Bonchev–Trinajstić information content (AvgIpc) is 2.95. The first-order valence-corrected chi connectivity index (χ1v) is 6.80. The molecule has 0 spiro atoms. The monoisotopic (exact) mass is 296 g/mol. The van der Waals surface area contributed by atoms with E-state index in [1.165, 1.54) is 13.4 Å². The number of morpholine rings is 1. The minimum atomic E-state index is -0.511. The van der Waals surface area contributed by atoms with Crippen molar-refractivity contribution in [1.29, 1.82) is 0 Å². The Morgan fingerprint density at radius 1 is 1.38 bits per heavy atom. The summed E-state index contributed by atoms with van der Waals surface area (Å²) >= 11 is 0. The van der Waals surface area contributed by atoms with Crippen molar-refractivity contribution in [2.75, 3.05) is 47.0 Å². The summed E-state index contributed by atoms with van der Waals surface area (Å²) in [5.74, 6) is -0.269. The molecule has 2 heterocycles. The highest BCUT2D eigenvalue weighted by Crippen LogP contribution is 2.14. The predicted molar refractivity (Wildman–Crippen MR) is 73.8 cm³/mol. The molecular formula is C14H20N2O5. The number of furan rings is 1. The molecule has 0 unspecified atom stereocenters. The van der Waals surface area contributed by atoms with E-state index in [1.54, 1.807) is 11.0 Å². The fourth-order valence-corrected chi connectivity index (χ4v) is 2.22. The van der Waals surface area contributed by atoms with E-state index in [1.807, 2.05) is 11.9 Å². The van der Waals surface area contributed by atoms with Crippen LogP contribution in [0.4, 0.5) is 0 Å². The Hall–Kier alpha value is -1.86. The lowest BCUT2D eigenvalue weighted by molar-refractivity contribution is -0.136. The van der Waals surface area contributed by atoms with Crippen molar-refractivity contribution in [3.63, 3.8) is 0 Å². The number of carbonyl (C=O) groups excluding carboxylic acids is 2. The SMILES string of the molecule is COC(=O)c1occc1CN(C)CC(=O)N1CCOCC1. The van der Waals surface area contributed by atoms with Crippen molar-refractivity contribution >= 4 is 11.9 Å². The molecule has 0 aliphatic carbocycles. The molecule has 21 heavy (non-hydrogen) atoms. The van der Waals surface area contributed by atoms with Crippen molar-refractivity contribution in [1.82, 2.24) is 9.80 Å². The second-order valence-corrected chi connectivity index (χ2v) is 4.93. The van der Waals surface area contributed by atoms with Crippen LogP contribution in [0, 0.1) is 0 Å². The molecule has 1 fully saturated rings. The van der Waals surface area contributed by atoms with Gasteiger partial charge in [0.15, 0.2) is 0 Å². The number of hydrogen-bond donors (Lipinski definition) is 0. The Bertz CT molecular complexity index is 493. The van der Waals surface area contributed by atoms with Crippen LogP contribution < -0.4 is 0 Å². The summed E-state index contributed by atoms with van der Waals surface area (Å²) in [6.45, 7) is 3.16. The smallest absolute Gasteiger partial charge is 0.374 e. The number of rotatable bonds is 5. The molecule has 1 amide bonds. The summed E-state index contributed by atoms with van der Waals surface area (Å²) in [7, 11) is 3.13. The van der Waals surface area contributed by atoms with E-state index < -0.39 is 5.97 Å². The van der Waals surface area contributed by atoms with E-state index in [0.717, 1.165) is 0 Å². The van der Waals surface area contributed by atoms with Crippen LogP contribution >= 0.6 is 0 Å². The van der Waals surface area contributed by atoms with E-state index in [-0.39, 0.29) is 18.2 Å². The van der Waals surface area contributed by atoms with Crippen LogP contribution in [-0.2, 0) is 20.8 Å². The van der Waals surface area contributed by atoms with Gasteiger partial charge in [-0.2, -0.15) is 0 Å². The summed E-state index contributed by atoms with van der Waals surface area (Å²) in [6.07, 6.45) is 1.44. The third kappa shape index (κ3) is 4.05. The molecular weight excluding hydrogens is 276 g/mol. The highest BCUT2D eigenvalue weighted by Gasteiger charge is 2.21. The minimum absolute atomic E-state index is 0.0592. The van der Waals surface area contributed by atoms with Gasteiger partial charge in [0.2, 0.25) is 11.7 Å². The van der Waals surface area contributed by atoms with Gasteiger partial charge < -0.3 is 18.8 Å². The van der Waals surface area contributed by atoms with Gasteiger partial charge in [-0.3, -0.25) is 9.69 Å². The van der Waals surface area contributed by atoms with Crippen molar-refractivity contribution in [3.05, 3.63) is 23.7 Å². The molecule has 1 aliphatic heterocycles. The van der Waals surface area contributed by atoms with Crippen LogP contribution in [0.25, 0.3) is 0 Å². The number of hydrogen-bond acceptors (Lipinski definition) is 6. The molecule has 0 atom stereocenters. The number of methoxy groups -OCH3 is 1. The molecule has 7 heteroatoms. The second-order valence-electron chi connectivity index (χ2n) is 4.93. The normalized spacial score (nSPS) is 15.3. The van der Waals surface area contributed by atoms with Crippen LogP contribution in [0.1, 0.15) is 16.1 Å². The molecule has 1 aromatic rings. The molecule has 1 aliphatic rings. The quantitative estimate of drug-likeness (QED) is 0.730. The van der Waals surface area contributed by atoms with Crippen molar-refractivity contribution in [3.8, 4) is 0 Å². The van der Waals surface area contributed by atoms with Crippen LogP contribution in [0.5, 0.6) is 0 Å². The van der Waals surface area contributed by atoms with Crippen LogP contribution in [0.15, 0.2) is 16.7 Å². The lowest BCUT2D eigenvalue weighted by Crippen LogP contribution is -2.44. The van der Waals surface area contributed by atoms with E-state index >= 15 is 0 Å². The van der Waals surface area contributed by atoms with E-state index in [9.17, 15) is 9.59 Å². The maximum absolute atomic E-state index is 12.1. The van der Waals surface area contributed by atoms with Gasteiger partial charge >= 0.3 is 5.97 Å². The Kier molecular flexibility index (Phi) is 5.35. The summed E-state index contributed by atoms with van der Waals surface area (Å²) in [5, 5.41) is 0. The molecule has 7 nitrogen and oxygen atoms in total. The number of likely N-dealkylation sites (N-methyl/N-ethyl adjacent to an activating group) is 1. The number of carbonyl (C=O) groups is 2. The molecule has 116 valence electrons. The maximum Gasteiger partial charge on any atom is 0.374 e. The van der Waals surface area contributed by atoms with Gasteiger partial charge in [0.1, 0.15) is 0 Å². The highest BCUT2D eigenvalue weighted by molar-refractivity contribution is 5.87. The number of amides is 1. The van der Waals surface area contributed by atoms with Crippen molar-refractivity contribution in [2.45, 2.75) is 6.54 Å². The standard InChI is InChI=1S/C14H20N2O5/c1-15(10-12(17)16-4-7-20-8-5-16)9-11-3-6-21-13(11)14(18)19-2/h3,6H,4-5,7-10H2,1-2H3. The first kappa shape index (κ1) is 15.5. The molecule has 1 aromatic heterocycles. The van der Waals surface area contributed by atoms with Crippen LogP contribution in [0.2, 0.25) is 0 Å². The lowest BCUT2D eigenvalue weighted by atomic mass is 10.2. The zero-order valence-corrected chi connectivity index (χ0v) is 12.3. The largest absolute Gasteiger partial charge is 0.463 e. The van der Waals surface area contributed by atoms with E-state index in [4.69, 9.17) is 9.15 Å². The van der Waals surface area contributed by atoms with E-state index in [2.05, 4.69) is 4.74 Å². The first-order chi connectivity index (χ1) is 10.1. The third-order valence-corrected chi connectivity index (χ3v) is 3.33. The van der Waals surface area contributed by atoms with Gasteiger partial charge in [-0.15, -0.1) is 0 Å². The number of esters is 1. The Morgan fingerprint density at radius 2 is 2.10 bits per heavy atom. The summed E-state index contributed by atoms with van der Waals surface area (Å²) in [6, 6.07) is 1.71. The topological polar surface area (TPSA) is 72.2 Å². The molecule has 2 rings (SSSR count). The summed E-state index contributed by atoms with van der Waals surface area (Å²) in [4.78, 5) is 27.3. The van der Waals surface area contributed by atoms with Crippen LogP contribution in [0.3, 0.4) is 0 Å². The van der Waals surface area contributed by atoms with Gasteiger partial charge in [-0.1, -0.05) is 0 Å². The number of nitrogens with zero attached hydrogens (tertiary/aromatic N) is 2. The second kappa shape index (κ2) is 7.24. The average molecular weight is 296 g/mol. The Labute approximate surface area is 123 Å². The van der Waals surface area contributed by atoms with Gasteiger partial charge in [-0.05, 0) is 13.1 Å². The van der Waals surface area contributed by atoms with Gasteiger partial charge in [0.05, 0.1) is 33.1 Å². The first-order valence-electron chi connectivity index (χ1n) is 6.80. The van der Waals surface area contributed by atoms with Crippen molar-refractivity contribution in [2.24, 2.45) is 0 Å². The van der Waals surface area contributed by atoms with Crippen LogP contribution in [-0.4, -0.2) is 68.7 Å². The molecule has 0 radical (unpaired) electrons. The maximum atomic E-state index is 12.1. The Balaban J connectivity index is 1.89. The predicted octanol–water partition coefficient (Wildman–Crippen LogP) is 0.357. The zero-order chi connectivity index (χ0) is 15.2. The van der Waals surface area contributed by atoms with Gasteiger partial charge in [0.25, 0.3) is 0 Å². The zero-order valence-electron chi connectivity index (χ0n) is 12.3.